The lowest BCUT2D eigenvalue weighted by molar-refractivity contribution is -0.149. The van der Waals surface area contributed by atoms with E-state index >= 15 is 4.79 Å². The number of esters is 1. The van der Waals surface area contributed by atoms with Gasteiger partial charge in [0.1, 0.15) is 6.10 Å². The van der Waals surface area contributed by atoms with Crippen molar-refractivity contribution in [2.75, 3.05) is 23.5 Å². The molecule has 0 aromatic heterocycles. The topological polar surface area (TPSA) is 26.3 Å². The zero-order chi connectivity index (χ0) is 63.6. The van der Waals surface area contributed by atoms with Gasteiger partial charge in [0.05, 0.1) is 25.4 Å². The third-order valence-electron chi connectivity index (χ3n) is 30.9. The molecule has 0 bridgehead atoms. The van der Waals surface area contributed by atoms with Crippen LogP contribution in [0.1, 0.15) is 145 Å². The summed E-state index contributed by atoms with van der Waals surface area (Å²) in [5.41, 5.74) is 6.08. The van der Waals surface area contributed by atoms with Crippen LogP contribution in [0.2, 0.25) is 0 Å². The van der Waals surface area contributed by atoms with Gasteiger partial charge in [0.2, 0.25) is 0 Å². The number of carbonyl (C=O) groups excluding carboxylic acids is 1. The number of carbonyl (C=O) groups is 1. The normalized spacial score (nSPS) is 21.8. The summed E-state index contributed by atoms with van der Waals surface area (Å²) in [5, 5.41) is 88.6. The summed E-state index contributed by atoms with van der Waals surface area (Å²) in [6, 6.07) is 0. The highest BCUT2D eigenvalue weighted by molar-refractivity contribution is 8.45. The average Bonchev–Trinajstić information content (AvgIpc) is 1.38. The summed E-state index contributed by atoms with van der Waals surface area (Å²) < 4.78 is 16.6. The Morgan fingerprint density at radius 1 is 0.297 bits per heavy atom. The Labute approximate surface area is 605 Å². The van der Waals surface area contributed by atoms with Crippen LogP contribution in [-0.4, -0.2) is 35.6 Å². The molecule has 5 aliphatic carbocycles. The molecule has 2 aliphatic heterocycles. The standard InChI is InChI=1S/C91H50O2S8/c1-4-6-15-19-96-86-87(97-20-16-7-5-2)101-89(100-86)88-98-84(94-3)85(99-88)95-21-17-13-11-9-8-10-12-14-18-25(92)93-24-22-90-80-72-64-54-44-36-28-26-27-30-34-32(28)40-48-42(34)52-46-38(30)39-31(27)35-33-29(26)37(36)45-51-41(33)49-43(35)53-47(39)57-56(46)66-60(52)70-62(48)68(58(64)50(40)44)76(80)78(70)82-74(66)75-67(57)61(53)71-63(49)69-59(51)65(55(45)54)73(72)81(90)77(69)79(71)83(75)91(82,90)23-24/h24H,4-23H2,1-3H3. The van der Waals surface area contributed by atoms with Crippen LogP contribution >= 0.6 is 94.1 Å². The van der Waals surface area contributed by atoms with Gasteiger partial charge in [0.15, 0.2) is 0 Å². The summed E-state index contributed by atoms with van der Waals surface area (Å²) >= 11 is 16.6. The van der Waals surface area contributed by atoms with Crippen molar-refractivity contribution < 1.29 is 9.53 Å². The SMILES string of the molecule is CCCCCSC1=C(SCCCCC)SC(=C2SC(SC)=C(SCCCCCCCCCCC(=O)OC3CC45c6c7c8c9c%10c%11c(c%12c%13c4c4c6c6c%14c7c7c8c8c%10c%10c%15c%11c%11c%12c%12c%13c%13c4c4c6c6c%14c%14c7c7c8c%10c8c%10c%15c%11c%11c%12c%12c%13c4c4c6c6c%14c7c8c7c%10c%11c%12c4c67)C95C3)S2)S1. The first-order chi connectivity index (χ1) is 50.1. The average molecular weight is 1430 g/mol. The number of benzene rings is 18. The van der Waals surface area contributed by atoms with Gasteiger partial charge in [-0.05, 0) is 375 Å². The van der Waals surface area contributed by atoms with Crippen molar-refractivity contribution in [1.82, 2.24) is 0 Å². The molecule has 0 unspecified atom stereocenters. The van der Waals surface area contributed by atoms with E-state index in [9.17, 15) is 0 Å². The Morgan fingerprint density at radius 2 is 0.505 bits per heavy atom. The molecule has 0 radical (unpaired) electrons. The second-order valence-corrected chi connectivity index (χ2v) is 43.7. The summed E-state index contributed by atoms with van der Waals surface area (Å²) in [4.78, 5) is 15.2. The molecule has 7 aliphatic rings. The van der Waals surface area contributed by atoms with Gasteiger partial charge in [0.25, 0.3) is 0 Å². The van der Waals surface area contributed by atoms with Crippen LogP contribution in [0.25, 0.3) is 291 Å². The molecule has 0 N–H and O–H groups in total. The number of rotatable bonds is 24. The van der Waals surface area contributed by atoms with Crippen LogP contribution in [0.5, 0.6) is 0 Å². The zero-order valence-electron chi connectivity index (χ0n) is 55.3. The Balaban J connectivity index is 0.489. The van der Waals surface area contributed by atoms with E-state index in [-0.39, 0.29) is 22.9 Å². The van der Waals surface area contributed by atoms with Gasteiger partial charge in [0, 0.05) is 17.3 Å². The summed E-state index contributed by atoms with van der Waals surface area (Å²) in [5.74, 6) is 3.75. The molecule has 474 valence electrons. The van der Waals surface area contributed by atoms with Gasteiger partial charge in [-0.2, -0.15) is 0 Å². The summed E-state index contributed by atoms with van der Waals surface area (Å²) in [6.45, 7) is 4.63. The highest BCUT2D eigenvalue weighted by Gasteiger charge is 2.73. The molecule has 1 saturated carbocycles. The van der Waals surface area contributed by atoms with Crippen LogP contribution < -0.4 is 0 Å². The van der Waals surface area contributed by atoms with Gasteiger partial charge in [-0.3, -0.25) is 4.79 Å². The Morgan fingerprint density at radius 3 is 0.752 bits per heavy atom. The predicted octanol–water partition coefficient (Wildman–Crippen LogP) is 29.8. The van der Waals surface area contributed by atoms with E-state index in [0.717, 1.165) is 25.7 Å². The van der Waals surface area contributed by atoms with Crippen LogP contribution in [0.3, 0.4) is 0 Å². The predicted molar refractivity (Wildman–Crippen MR) is 456 cm³/mol. The van der Waals surface area contributed by atoms with E-state index in [2.05, 4.69) is 90.7 Å². The number of thioether (sulfide) groups is 8. The minimum absolute atomic E-state index is 0.0541. The van der Waals surface area contributed by atoms with Crippen LogP contribution in [-0.2, 0) is 20.4 Å². The number of hydrogen-bond donors (Lipinski definition) is 0. The molecular weight excluding hydrogens is 1380 g/mol. The van der Waals surface area contributed by atoms with Gasteiger partial charge in [-0.1, -0.05) is 125 Å². The molecule has 0 amide bonds. The third kappa shape index (κ3) is 4.16. The van der Waals surface area contributed by atoms with Crippen molar-refractivity contribution in [2.24, 2.45) is 0 Å². The van der Waals surface area contributed by atoms with Gasteiger partial charge in [-0.25, -0.2) is 0 Å². The third-order valence-corrected chi connectivity index (χ3v) is 42.6. The Kier molecular flexibility index (Phi) is 7.58. The first kappa shape index (κ1) is 51.2. The molecule has 101 heavy (non-hydrogen) atoms. The lowest BCUT2D eigenvalue weighted by Crippen LogP contribution is -2.47. The van der Waals surface area contributed by atoms with Gasteiger partial charge < -0.3 is 4.74 Å². The maximum absolute atomic E-state index is 15.2. The van der Waals surface area contributed by atoms with Crippen LogP contribution in [0, 0.1) is 0 Å². The number of unbranched alkanes of at least 4 members (excludes halogenated alkanes) is 11. The van der Waals surface area contributed by atoms with Crippen molar-refractivity contribution in [2.45, 2.75) is 140 Å². The lowest BCUT2D eigenvalue weighted by atomic mass is 9.50. The first-order valence-corrected chi connectivity index (χ1v) is 45.9. The molecule has 35 rings (SSSR count). The molecule has 2 nitrogen and oxygen atoms in total. The van der Waals surface area contributed by atoms with Crippen molar-refractivity contribution in [3.8, 4) is 0 Å². The van der Waals surface area contributed by atoms with Gasteiger partial charge in [-0.15, -0.1) is 47.0 Å². The minimum atomic E-state index is -0.355. The van der Waals surface area contributed by atoms with E-state index in [1.165, 1.54) is 111 Å². The molecule has 0 saturated heterocycles. The molecule has 10 heteroatoms. The second kappa shape index (κ2) is 15.0. The van der Waals surface area contributed by atoms with Crippen molar-refractivity contribution in [1.29, 1.82) is 0 Å². The molecule has 1 fully saturated rings. The summed E-state index contributed by atoms with van der Waals surface area (Å²) in [6.07, 6.45) is 22.0. The fourth-order valence-corrected chi connectivity index (χ4v) is 40.9. The Hall–Kier alpha value is -6.05. The minimum Gasteiger partial charge on any atom is -0.462 e. The molecule has 28 aromatic rings. The maximum Gasteiger partial charge on any atom is 0.306 e. The highest BCUT2D eigenvalue weighted by atomic mass is 32.3. The number of hydrogen-bond acceptors (Lipinski definition) is 10. The Bertz CT molecular complexity index is 7730. The molecular formula is C91H50O2S8. The van der Waals surface area contributed by atoms with Crippen molar-refractivity contribution >= 4 is 391 Å². The zero-order valence-corrected chi connectivity index (χ0v) is 61.8. The maximum atomic E-state index is 15.2. The first-order valence-electron chi connectivity index (χ1n) is 38.4. The molecule has 28 aromatic carbocycles. The quantitative estimate of drug-likeness (QED) is 0.0331. The fraction of sp³-hybridized carbons (Fsp3) is 0.286. The number of ether oxygens (including phenoxy) is 1. The van der Waals surface area contributed by atoms with E-state index in [4.69, 9.17) is 4.74 Å². The van der Waals surface area contributed by atoms with E-state index in [1.54, 1.807) is 322 Å². The smallest absolute Gasteiger partial charge is 0.306 e. The van der Waals surface area contributed by atoms with Crippen LogP contribution in [0.15, 0.2) is 25.4 Å². The second-order valence-electron chi connectivity index (χ2n) is 34.0. The molecule has 2 spiro atoms. The molecule has 0 atom stereocenters. The fourth-order valence-electron chi connectivity index (χ4n) is 29.1. The van der Waals surface area contributed by atoms with E-state index in [0.29, 0.717) is 6.42 Å². The molecule has 2 heterocycles. The highest BCUT2D eigenvalue weighted by Crippen LogP contribution is 2.87. The lowest BCUT2D eigenvalue weighted by Gasteiger charge is -2.50. The van der Waals surface area contributed by atoms with Crippen molar-refractivity contribution in [3.63, 3.8) is 0 Å². The van der Waals surface area contributed by atoms with Crippen molar-refractivity contribution in [3.05, 3.63) is 47.7 Å². The summed E-state index contributed by atoms with van der Waals surface area (Å²) in [7, 11) is 0. The monoisotopic (exact) mass is 1430 g/mol. The largest absolute Gasteiger partial charge is 0.462 e. The van der Waals surface area contributed by atoms with Crippen LogP contribution in [0.4, 0.5) is 0 Å². The van der Waals surface area contributed by atoms with E-state index in [1.807, 2.05) is 23.5 Å². The van der Waals surface area contributed by atoms with E-state index < -0.39 is 0 Å². The van der Waals surface area contributed by atoms with Gasteiger partial charge >= 0.3 is 5.97 Å².